The summed E-state index contributed by atoms with van der Waals surface area (Å²) in [5.41, 5.74) is 1.44. The highest BCUT2D eigenvalue weighted by Crippen LogP contribution is 2.37. The number of thiocarbonyl (C=S) groups is 1. The van der Waals surface area contributed by atoms with Gasteiger partial charge >= 0.3 is 0 Å². The Morgan fingerprint density at radius 3 is 2.45 bits per heavy atom. The van der Waals surface area contributed by atoms with Crippen LogP contribution in [0.5, 0.6) is 0 Å². The van der Waals surface area contributed by atoms with Crippen LogP contribution in [-0.4, -0.2) is 52.4 Å². The molecule has 4 rings (SSSR count). The predicted octanol–water partition coefficient (Wildman–Crippen LogP) is 5.45. The summed E-state index contributed by atoms with van der Waals surface area (Å²) >= 11 is 6.89. The van der Waals surface area contributed by atoms with Crippen molar-refractivity contribution in [2.45, 2.75) is 46.5 Å². The van der Waals surface area contributed by atoms with Crippen molar-refractivity contribution in [3.63, 3.8) is 0 Å². The normalized spacial score (nSPS) is 17.6. The first-order valence-electron chi connectivity index (χ1n) is 13.8. The second kappa shape index (κ2) is 13.0. The number of piperazine rings is 1. The summed E-state index contributed by atoms with van der Waals surface area (Å²) in [6, 6.07) is 8.77. The fraction of sp³-hybridized carbons (Fsp3) is 0.467. The van der Waals surface area contributed by atoms with Gasteiger partial charge in [0.15, 0.2) is 0 Å². The lowest BCUT2D eigenvalue weighted by Crippen LogP contribution is -2.48. The number of hydrogen-bond acceptors (Lipinski definition) is 7. The molecule has 0 radical (unpaired) electrons. The fourth-order valence-corrected chi connectivity index (χ4v) is 6.68. The molecule has 7 nitrogen and oxygen atoms in total. The topological polar surface area (TPSA) is 72.6 Å². The van der Waals surface area contributed by atoms with Crippen molar-refractivity contribution in [2.75, 3.05) is 42.5 Å². The fourth-order valence-electron chi connectivity index (χ4n) is 5.43. The van der Waals surface area contributed by atoms with Gasteiger partial charge in [0.05, 0.1) is 10.6 Å². The summed E-state index contributed by atoms with van der Waals surface area (Å²) in [5.74, 6) is 0.634. The maximum atomic E-state index is 14.4. The highest BCUT2D eigenvalue weighted by molar-refractivity contribution is 8.26. The van der Waals surface area contributed by atoms with Crippen LogP contribution in [0.4, 0.5) is 15.9 Å². The zero-order valence-corrected chi connectivity index (χ0v) is 25.2. The van der Waals surface area contributed by atoms with Gasteiger partial charge in [-0.25, -0.2) is 4.39 Å². The van der Waals surface area contributed by atoms with Crippen LogP contribution in [0.3, 0.4) is 0 Å². The molecule has 1 unspecified atom stereocenters. The Morgan fingerprint density at radius 2 is 1.82 bits per heavy atom. The van der Waals surface area contributed by atoms with Crippen LogP contribution in [0.1, 0.15) is 56.2 Å². The number of benzene rings is 1. The average molecular weight is 582 g/mol. The van der Waals surface area contributed by atoms with Crippen molar-refractivity contribution in [1.82, 2.24) is 9.47 Å². The molecule has 0 spiro atoms. The van der Waals surface area contributed by atoms with Crippen LogP contribution >= 0.6 is 24.0 Å². The number of aromatic nitrogens is 1. The molecule has 2 aliphatic heterocycles. The SMILES string of the molecule is CCCCC(CC)CN1C(=O)C(=Cc2c(C)c(C#N)c(=O)n(C)c2N2CCN(c3ccccc3F)CC2)SC1=S. The van der Waals surface area contributed by atoms with E-state index in [0.29, 0.717) is 70.5 Å². The molecule has 1 aromatic carbocycles. The second-order valence-corrected chi connectivity index (χ2v) is 12.0. The van der Waals surface area contributed by atoms with Crippen LogP contribution in [0.15, 0.2) is 34.0 Å². The minimum absolute atomic E-state index is 0.0589. The number of nitriles is 1. The monoisotopic (exact) mass is 581 g/mol. The van der Waals surface area contributed by atoms with Gasteiger partial charge in [0.25, 0.3) is 11.5 Å². The molecular formula is C30H36FN5O2S2. The molecule has 2 saturated heterocycles. The summed E-state index contributed by atoms with van der Waals surface area (Å²) < 4.78 is 16.4. The number of rotatable bonds is 9. The lowest BCUT2D eigenvalue weighted by Gasteiger charge is -2.38. The standard InChI is InChI=1S/C30H36FN5O2S2/c1-5-7-10-21(6-2)19-36-29(38)26(40-30(36)39)17-22-20(3)23(18-32)28(37)33(4)27(22)35-15-13-34(14-16-35)25-12-9-8-11-24(25)31/h8-9,11-12,17,21H,5-7,10,13-16,19H2,1-4H3. The number of anilines is 2. The number of halogens is 1. The Labute approximate surface area is 245 Å². The van der Waals surface area contributed by atoms with Crippen molar-refractivity contribution in [3.8, 4) is 6.07 Å². The number of thioether (sulfide) groups is 1. The minimum atomic E-state index is -0.377. The third-order valence-corrected chi connectivity index (χ3v) is 9.25. The minimum Gasteiger partial charge on any atom is -0.366 e. The zero-order valence-electron chi connectivity index (χ0n) is 23.6. The zero-order chi connectivity index (χ0) is 29.0. The number of carbonyl (C=O) groups is 1. The summed E-state index contributed by atoms with van der Waals surface area (Å²) in [4.78, 5) is 33.0. The molecule has 40 heavy (non-hydrogen) atoms. The van der Waals surface area contributed by atoms with E-state index in [1.54, 1.807) is 37.1 Å². The van der Waals surface area contributed by atoms with E-state index in [1.165, 1.54) is 22.4 Å². The molecule has 2 aliphatic rings. The maximum Gasteiger partial charge on any atom is 0.270 e. The highest BCUT2D eigenvalue weighted by Gasteiger charge is 2.34. The van der Waals surface area contributed by atoms with Gasteiger partial charge < -0.3 is 9.80 Å². The van der Waals surface area contributed by atoms with Gasteiger partial charge in [-0.3, -0.25) is 19.1 Å². The first kappa shape index (κ1) is 29.8. The molecule has 0 saturated carbocycles. The van der Waals surface area contributed by atoms with Crippen molar-refractivity contribution in [1.29, 1.82) is 5.26 Å². The number of unbranched alkanes of at least 4 members (excludes halogenated alkanes) is 1. The highest BCUT2D eigenvalue weighted by atomic mass is 32.2. The van der Waals surface area contributed by atoms with Gasteiger partial charge in [-0.1, -0.05) is 69.2 Å². The molecule has 212 valence electrons. The predicted molar refractivity (Wildman–Crippen MR) is 165 cm³/mol. The number of hydrogen-bond donors (Lipinski definition) is 0. The van der Waals surface area contributed by atoms with E-state index >= 15 is 0 Å². The van der Waals surface area contributed by atoms with Crippen LogP contribution < -0.4 is 15.4 Å². The molecule has 1 amide bonds. The van der Waals surface area contributed by atoms with Crippen molar-refractivity contribution >= 4 is 51.8 Å². The molecular weight excluding hydrogens is 545 g/mol. The Balaban J connectivity index is 1.67. The number of carbonyl (C=O) groups excluding carboxylic acids is 1. The third-order valence-electron chi connectivity index (χ3n) is 7.87. The summed E-state index contributed by atoms with van der Waals surface area (Å²) in [7, 11) is 1.66. The van der Waals surface area contributed by atoms with Crippen LogP contribution in [0, 0.1) is 30.0 Å². The second-order valence-electron chi connectivity index (χ2n) is 10.3. The summed E-state index contributed by atoms with van der Waals surface area (Å²) in [5, 5.41) is 9.79. The van der Waals surface area contributed by atoms with Crippen molar-refractivity contribution in [2.24, 2.45) is 13.0 Å². The Bertz CT molecular complexity index is 1420. The Kier molecular flexibility index (Phi) is 9.69. The first-order chi connectivity index (χ1) is 19.2. The molecule has 1 aromatic heterocycles. The number of pyridine rings is 1. The van der Waals surface area contributed by atoms with Crippen LogP contribution in [-0.2, 0) is 11.8 Å². The van der Waals surface area contributed by atoms with Gasteiger partial charge in [-0.05, 0) is 43.0 Å². The summed E-state index contributed by atoms with van der Waals surface area (Å²) in [6.45, 7) is 8.87. The van der Waals surface area contributed by atoms with E-state index < -0.39 is 0 Å². The Morgan fingerprint density at radius 1 is 1.15 bits per heavy atom. The van der Waals surface area contributed by atoms with Gasteiger partial charge in [0.1, 0.15) is 27.6 Å². The van der Waals surface area contributed by atoms with E-state index in [0.717, 1.165) is 25.7 Å². The van der Waals surface area contributed by atoms with Crippen molar-refractivity contribution < 1.29 is 9.18 Å². The Hall–Kier alpha value is -3.16. The molecule has 10 heteroatoms. The lowest BCUT2D eigenvalue weighted by atomic mass is 9.99. The van der Waals surface area contributed by atoms with Gasteiger partial charge in [-0.2, -0.15) is 5.26 Å². The first-order valence-corrected chi connectivity index (χ1v) is 15.1. The molecule has 1 atom stereocenters. The summed E-state index contributed by atoms with van der Waals surface area (Å²) in [6.07, 6.45) is 6.05. The van der Waals surface area contributed by atoms with E-state index in [-0.39, 0.29) is 22.8 Å². The van der Waals surface area contributed by atoms with Crippen molar-refractivity contribution in [3.05, 3.63) is 62.0 Å². The number of para-hydroxylation sites is 1. The van der Waals surface area contributed by atoms with Gasteiger partial charge in [-0.15, -0.1) is 0 Å². The number of amides is 1. The molecule has 0 aliphatic carbocycles. The third kappa shape index (κ3) is 5.96. The van der Waals surface area contributed by atoms with E-state index in [2.05, 4.69) is 24.8 Å². The van der Waals surface area contributed by atoms with E-state index in [4.69, 9.17) is 12.2 Å². The number of nitrogens with zero attached hydrogens (tertiary/aromatic N) is 5. The quantitative estimate of drug-likeness (QED) is 0.288. The molecule has 3 heterocycles. The lowest BCUT2D eigenvalue weighted by molar-refractivity contribution is -0.122. The smallest absolute Gasteiger partial charge is 0.270 e. The van der Waals surface area contributed by atoms with Gasteiger partial charge in [0, 0.05) is 45.3 Å². The molecule has 2 aromatic rings. The molecule has 0 N–H and O–H groups in total. The van der Waals surface area contributed by atoms with E-state index in [1.807, 2.05) is 11.0 Å². The largest absolute Gasteiger partial charge is 0.366 e. The van der Waals surface area contributed by atoms with Crippen LogP contribution in [0.25, 0.3) is 6.08 Å². The van der Waals surface area contributed by atoms with Gasteiger partial charge in [0.2, 0.25) is 0 Å². The maximum absolute atomic E-state index is 14.4. The average Bonchev–Trinajstić information content (AvgIpc) is 3.22. The molecule has 2 fully saturated rings. The van der Waals surface area contributed by atoms with Crippen LogP contribution in [0.2, 0.25) is 0 Å². The van der Waals surface area contributed by atoms with E-state index in [9.17, 15) is 19.2 Å². The molecule has 0 bridgehead atoms.